The predicted molar refractivity (Wildman–Crippen MR) is 81.3 cm³/mol. The summed E-state index contributed by atoms with van der Waals surface area (Å²) in [5.41, 5.74) is 10.9. The molecule has 2 aromatic carbocycles. The Morgan fingerprint density at radius 3 is 2.42 bits per heavy atom. The standard InChI is InChI=1S/C17H22N2/c1-13-8-9-16(14(2)12-13)17(19-11-10-18)15-6-4-3-5-7-15/h3-9,12,17,19H,10-11,18H2,1-2H3. The Balaban J connectivity index is 2.37. The third-order valence-corrected chi connectivity index (χ3v) is 3.36. The molecule has 0 bridgehead atoms. The summed E-state index contributed by atoms with van der Waals surface area (Å²) in [6.45, 7) is 5.76. The monoisotopic (exact) mass is 254 g/mol. The Morgan fingerprint density at radius 1 is 1.05 bits per heavy atom. The number of hydrogen-bond donors (Lipinski definition) is 2. The first-order chi connectivity index (χ1) is 9.22. The Kier molecular flexibility index (Phi) is 4.72. The minimum atomic E-state index is 0.213. The van der Waals surface area contributed by atoms with E-state index in [4.69, 9.17) is 5.73 Å². The van der Waals surface area contributed by atoms with Crippen LogP contribution in [0.5, 0.6) is 0 Å². The molecule has 0 saturated heterocycles. The highest BCUT2D eigenvalue weighted by atomic mass is 14.9. The Hall–Kier alpha value is -1.64. The smallest absolute Gasteiger partial charge is 0.0579 e. The molecule has 0 radical (unpaired) electrons. The maximum absolute atomic E-state index is 5.63. The lowest BCUT2D eigenvalue weighted by atomic mass is 9.94. The van der Waals surface area contributed by atoms with Crippen LogP contribution in [0.2, 0.25) is 0 Å². The van der Waals surface area contributed by atoms with Crippen LogP contribution in [0.1, 0.15) is 28.3 Å². The van der Waals surface area contributed by atoms with Crippen molar-refractivity contribution in [2.75, 3.05) is 13.1 Å². The molecule has 0 fully saturated rings. The van der Waals surface area contributed by atoms with E-state index in [-0.39, 0.29) is 6.04 Å². The zero-order chi connectivity index (χ0) is 13.7. The van der Waals surface area contributed by atoms with Gasteiger partial charge in [0.05, 0.1) is 6.04 Å². The van der Waals surface area contributed by atoms with Gasteiger partial charge in [-0.3, -0.25) is 0 Å². The minimum Gasteiger partial charge on any atom is -0.329 e. The maximum Gasteiger partial charge on any atom is 0.0579 e. The van der Waals surface area contributed by atoms with Gasteiger partial charge in [0.25, 0.3) is 0 Å². The summed E-state index contributed by atoms with van der Waals surface area (Å²) < 4.78 is 0. The van der Waals surface area contributed by atoms with Crippen LogP contribution in [0.15, 0.2) is 48.5 Å². The lowest BCUT2D eigenvalue weighted by molar-refractivity contribution is 0.609. The summed E-state index contributed by atoms with van der Waals surface area (Å²) in [5, 5.41) is 3.54. The van der Waals surface area contributed by atoms with E-state index in [9.17, 15) is 0 Å². The van der Waals surface area contributed by atoms with E-state index in [0.717, 1.165) is 6.54 Å². The number of hydrogen-bond acceptors (Lipinski definition) is 2. The fourth-order valence-corrected chi connectivity index (χ4v) is 2.43. The van der Waals surface area contributed by atoms with Crippen LogP contribution < -0.4 is 11.1 Å². The van der Waals surface area contributed by atoms with Crippen molar-refractivity contribution in [1.82, 2.24) is 5.32 Å². The highest BCUT2D eigenvalue weighted by Gasteiger charge is 2.14. The lowest BCUT2D eigenvalue weighted by Gasteiger charge is -2.21. The summed E-state index contributed by atoms with van der Waals surface area (Å²) in [7, 11) is 0. The van der Waals surface area contributed by atoms with Crippen molar-refractivity contribution in [3.8, 4) is 0 Å². The molecule has 19 heavy (non-hydrogen) atoms. The van der Waals surface area contributed by atoms with E-state index in [2.05, 4.69) is 61.6 Å². The van der Waals surface area contributed by atoms with Crippen molar-refractivity contribution in [3.63, 3.8) is 0 Å². The number of rotatable bonds is 5. The Bertz CT molecular complexity index is 520. The van der Waals surface area contributed by atoms with Gasteiger partial charge < -0.3 is 11.1 Å². The summed E-state index contributed by atoms with van der Waals surface area (Å²) in [6, 6.07) is 17.4. The SMILES string of the molecule is Cc1ccc(C(NCCN)c2ccccc2)c(C)c1. The molecule has 0 aliphatic heterocycles. The highest BCUT2D eigenvalue weighted by Crippen LogP contribution is 2.25. The second kappa shape index (κ2) is 6.50. The van der Waals surface area contributed by atoms with Crippen molar-refractivity contribution in [3.05, 3.63) is 70.8 Å². The van der Waals surface area contributed by atoms with E-state index in [0.29, 0.717) is 6.54 Å². The first kappa shape index (κ1) is 13.8. The van der Waals surface area contributed by atoms with E-state index in [1.165, 1.54) is 22.3 Å². The quantitative estimate of drug-likeness (QED) is 0.861. The van der Waals surface area contributed by atoms with Gasteiger partial charge in [-0.1, -0.05) is 54.1 Å². The predicted octanol–water partition coefficient (Wildman–Crippen LogP) is 2.94. The van der Waals surface area contributed by atoms with Gasteiger partial charge >= 0.3 is 0 Å². The molecule has 2 nitrogen and oxygen atoms in total. The molecule has 0 aliphatic carbocycles. The van der Waals surface area contributed by atoms with Gasteiger partial charge in [-0.05, 0) is 30.5 Å². The van der Waals surface area contributed by atoms with Crippen molar-refractivity contribution in [1.29, 1.82) is 0 Å². The molecule has 0 saturated carbocycles. The Labute approximate surface area is 115 Å². The average Bonchev–Trinajstić information content (AvgIpc) is 2.42. The van der Waals surface area contributed by atoms with Gasteiger partial charge in [-0.15, -0.1) is 0 Å². The number of aryl methyl sites for hydroxylation is 2. The third kappa shape index (κ3) is 3.43. The second-order valence-electron chi connectivity index (χ2n) is 4.95. The maximum atomic E-state index is 5.63. The molecule has 1 unspecified atom stereocenters. The zero-order valence-corrected chi connectivity index (χ0v) is 11.7. The molecule has 2 aromatic rings. The molecule has 100 valence electrons. The van der Waals surface area contributed by atoms with Crippen LogP contribution in [-0.2, 0) is 0 Å². The highest BCUT2D eigenvalue weighted by molar-refractivity contribution is 5.38. The van der Waals surface area contributed by atoms with Crippen LogP contribution in [0, 0.1) is 13.8 Å². The van der Waals surface area contributed by atoms with Crippen LogP contribution in [0.4, 0.5) is 0 Å². The molecule has 2 rings (SSSR count). The van der Waals surface area contributed by atoms with E-state index >= 15 is 0 Å². The van der Waals surface area contributed by atoms with Crippen LogP contribution in [-0.4, -0.2) is 13.1 Å². The molecule has 3 N–H and O–H groups in total. The zero-order valence-electron chi connectivity index (χ0n) is 11.7. The van der Waals surface area contributed by atoms with E-state index in [1.54, 1.807) is 0 Å². The first-order valence-electron chi connectivity index (χ1n) is 6.78. The number of benzene rings is 2. The molecular formula is C17H22N2. The summed E-state index contributed by atoms with van der Waals surface area (Å²) in [5.74, 6) is 0. The first-order valence-corrected chi connectivity index (χ1v) is 6.78. The molecule has 0 aromatic heterocycles. The van der Waals surface area contributed by atoms with Gasteiger partial charge in [-0.25, -0.2) is 0 Å². The topological polar surface area (TPSA) is 38.0 Å². The second-order valence-corrected chi connectivity index (χ2v) is 4.95. The van der Waals surface area contributed by atoms with Crippen LogP contribution >= 0.6 is 0 Å². The molecule has 0 heterocycles. The number of nitrogens with two attached hydrogens (primary N) is 1. The van der Waals surface area contributed by atoms with E-state index < -0.39 is 0 Å². The van der Waals surface area contributed by atoms with Crippen molar-refractivity contribution in [2.24, 2.45) is 5.73 Å². The molecule has 0 aliphatic rings. The van der Waals surface area contributed by atoms with Crippen molar-refractivity contribution in [2.45, 2.75) is 19.9 Å². The van der Waals surface area contributed by atoms with E-state index in [1.807, 2.05) is 6.07 Å². The fraction of sp³-hybridized carbons (Fsp3) is 0.294. The largest absolute Gasteiger partial charge is 0.329 e. The summed E-state index contributed by atoms with van der Waals surface area (Å²) >= 11 is 0. The van der Waals surface area contributed by atoms with Gasteiger partial charge in [0.15, 0.2) is 0 Å². The van der Waals surface area contributed by atoms with Crippen molar-refractivity contribution < 1.29 is 0 Å². The van der Waals surface area contributed by atoms with Gasteiger partial charge in [-0.2, -0.15) is 0 Å². The molecular weight excluding hydrogens is 232 g/mol. The minimum absolute atomic E-state index is 0.213. The Morgan fingerprint density at radius 2 is 1.79 bits per heavy atom. The summed E-state index contributed by atoms with van der Waals surface area (Å²) in [6.07, 6.45) is 0. The molecule has 1 atom stereocenters. The average molecular weight is 254 g/mol. The van der Waals surface area contributed by atoms with Gasteiger partial charge in [0.2, 0.25) is 0 Å². The van der Waals surface area contributed by atoms with Crippen LogP contribution in [0.25, 0.3) is 0 Å². The fourth-order valence-electron chi connectivity index (χ4n) is 2.43. The normalized spacial score (nSPS) is 12.4. The van der Waals surface area contributed by atoms with Crippen molar-refractivity contribution >= 4 is 0 Å². The molecule has 0 amide bonds. The molecule has 2 heteroatoms. The lowest BCUT2D eigenvalue weighted by Crippen LogP contribution is -2.28. The third-order valence-electron chi connectivity index (χ3n) is 3.36. The van der Waals surface area contributed by atoms with Gasteiger partial charge in [0.1, 0.15) is 0 Å². The van der Waals surface area contributed by atoms with Gasteiger partial charge in [0, 0.05) is 13.1 Å². The number of nitrogens with one attached hydrogen (secondary N) is 1. The molecule has 0 spiro atoms. The summed E-state index contributed by atoms with van der Waals surface area (Å²) in [4.78, 5) is 0. The van der Waals surface area contributed by atoms with Crippen LogP contribution in [0.3, 0.4) is 0 Å².